The van der Waals surface area contributed by atoms with Crippen molar-refractivity contribution in [3.63, 3.8) is 0 Å². The molecule has 0 saturated heterocycles. The Kier molecular flexibility index (Phi) is 3.96. The molecule has 118 valence electrons. The second kappa shape index (κ2) is 6.41. The van der Waals surface area contributed by atoms with E-state index < -0.39 is 0 Å². The van der Waals surface area contributed by atoms with Crippen molar-refractivity contribution in [3.8, 4) is 5.69 Å². The highest BCUT2D eigenvalue weighted by Gasteiger charge is 2.04. The number of nitrogens with one attached hydrogen (secondary N) is 1. The first kappa shape index (κ1) is 14.8. The van der Waals surface area contributed by atoms with Crippen molar-refractivity contribution >= 4 is 32.7 Å². The number of aromatic nitrogens is 4. The predicted octanol–water partition coefficient (Wildman–Crippen LogP) is 4.19. The molecule has 0 aliphatic rings. The molecule has 2 aromatic carbocycles. The molecule has 4 aromatic rings. The number of benzene rings is 2. The summed E-state index contributed by atoms with van der Waals surface area (Å²) in [4.78, 5) is 8.66. The zero-order chi connectivity index (χ0) is 16.4. The molecule has 2 heterocycles. The average molecular weight is 380 g/mol. The first-order valence-electron chi connectivity index (χ1n) is 7.53. The Morgan fingerprint density at radius 3 is 2.71 bits per heavy atom. The van der Waals surface area contributed by atoms with E-state index >= 15 is 0 Å². The van der Waals surface area contributed by atoms with Crippen LogP contribution >= 0.6 is 15.9 Å². The molecule has 0 fully saturated rings. The minimum Gasteiger partial charge on any atom is -0.365 e. The van der Waals surface area contributed by atoms with Gasteiger partial charge in [-0.3, -0.25) is 0 Å². The standard InChI is InChI=1S/C18H14BrN5/c19-14-4-7-17-16(10-14)18(22-12-21-17)20-11-13-2-5-15(6-3-13)24-9-1-8-23-24/h1-10,12H,11H2,(H,20,21,22). The van der Waals surface area contributed by atoms with Gasteiger partial charge in [0, 0.05) is 28.8 Å². The van der Waals surface area contributed by atoms with Crippen LogP contribution in [0.2, 0.25) is 0 Å². The van der Waals surface area contributed by atoms with E-state index in [2.05, 4.69) is 60.6 Å². The Hall–Kier alpha value is -2.73. The summed E-state index contributed by atoms with van der Waals surface area (Å²) >= 11 is 3.50. The third kappa shape index (κ3) is 3.00. The largest absolute Gasteiger partial charge is 0.365 e. The van der Waals surface area contributed by atoms with Crippen molar-refractivity contribution in [2.75, 3.05) is 5.32 Å². The lowest BCUT2D eigenvalue weighted by Crippen LogP contribution is -2.03. The smallest absolute Gasteiger partial charge is 0.137 e. The van der Waals surface area contributed by atoms with Gasteiger partial charge < -0.3 is 5.32 Å². The number of hydrogen-bond donors (Lipinski definition) is 1. The lowest BCUT2D eigenvalue weighted by molar-refractivity contribution is 0.879. The molecule has 0 aliphatic carbocycles. The lowest BCUT2D eigenvalue weighted by atomic mass is 10.2. The van der Waals surface area contributed by atoms with Gasteiger partial charge in [-0.05, 0) is 42.0 Å². The van der Waals surface area contributed by atoms with Crippen molar-refractivity contribution in [1.29, 1.82) is 0 Å². The number of fused-ring (bicyclic) bond motifs is 1. The normalized spacial score (nSPS) is 10.9. The summed E-state index contributed by atoms with van der Waals surface area (Å²) in [5.41, 5.74) is 3.14. The minimum atomic E-state index is 0.692. The maximum Gasteiger partial charge on any atom is 0.137 e. The average Bonchev–Trinajstić information content (AvgIpc) is 3.15. The summed E-state index contributed by atoms with van der Waals surface area (Å²) in [5.74, 6) is 0.831. The summed E-state index contributed by atoms with van der Waals surface area (Å²) in [7, 11) is 0. The summed E-state index contributed by atoms with van der Waals surface area (Å²) < 4.78 is 2.85. The van der Waals surface area contributed by atoms with E-state index in [4.69, 9.17) is 0 Å². The van der Waals surface area contributed by atoms with Crippen LogP contribution in [0.15, 0.2) is 71.7 Å². The molecule has 0 atom stereocenters. The van der Waals surface area contributed by atoms with Gasteiger partial charge in [0.2, 0.25) is 0 Å². The molecule has 6 heteroatoms. The molecular weight excluding hydrogens is 366 g/mol. The van der Waals surface area contributed by atoms with E-state index in [9.17, 15) is 0 Å². The van der Waals surface area contributed by atoms with Gasteiger partial charge in [-0.15, -0.1) is 0 Å². The molecule has 2 aromatic heterocycles. The molecule has 0 radical (unpaired) electrons. The fraction of sp³-hybridized carbons (Fsp3) is 0.0556. The molecule has 1 N–H and O–H groups in total. The molecule has 0 bridgehead atoms. The minimum absolute atomic E-state index is 0.692. The second-order valence-corrected chi connectivity index (χ2v) is 6.27. The third-order valence-corrected chi connectivity index (χ3v) is 4.26. The van der Waals surface area contributed by atoms with Crippen molar-refractivity contribution in [1.82, 2.24) is 19.7 Å². The summed E-state index contributed by atoms with van der Waals surface area (Å²) in [6.07, 6.45) is 5.28. The van der Waals surface area contributed by atoms with E-state index in [1.807, 2.05) is 35.1 Å². The molecule has 5 nitrogen and oxygen atoms in total. The van der Waals surface area contributed by atoms with Gasteiger partial charge in [-0.1, -0.05) is 28.1 Å². The van der Waals surface area contributed by atoms with E-state index in [1.165, 1.54) is 5.56 Å². The Morgan fingerprint density at radius 2 is 1.92 bits per heavy atom. The molecule has 24 heavy (non-hydrogen) atoms. The highest BCUT2D eigenvalue weighted by Crippen LogP contribution is 2.23. The van der Waals surface area contributed by atoms with Crippen molar-refractivity contribution < 1.29 is 0 Å². The predicted molar refractivity (Wildman–Crippen MR) is 98.1 cm³/mol. The number of anilines is 1. The zero-order valence-corrected chi connectivity index (χ0v) is 14.3. The van der Waals surface area contributed by atoms with Gasteiger partial charge in [0.1, 0.15) is 12.1 Å². The van der Waals surface area contributed by atoms with Crippen LogP contribution in [-0.2, 0) is 6.54 Å². The summed E-state index contributed by atoms with van der Waals surface area (Å²) in [5, 5.41) is 8.62. The van der Waals surface area contributed by atoms with Crippen LogP contribution in [0.3, 0.4) is 0 Å². The quantitative estimate of drug-likeness (QED) is 0.577. The fourth-order valence-corrected chi connectivity index (χ4v) is 2.90. The number of rotatable bonds is 4. The third-order valence-electron chi connectivity index (χ3n) is 3.76. The van der Waals surface area contributed by atoms with Crippen LogP contribution < -0.4 is 5.32 Å². The molecular formula is C18H14BrN5. The van der Waals surface area contributed by atoms with Crippen LogP contribution in [-0.4, -0.2) is 19.7 Å². The van der Waals surface area contributed by atoms with Crippen LogP contribution in [0.1, 0.15) is 5.56 Å². The lowest BCUT2D eigenvalue weighted by Gasteiger charge is -2.09. The molecule has 0 saturated carbocycles. The van der Waals surface area contributed by atoms with Gasteiger partial charge in [0.15, 0.2) is 0 Å². The van der Waals surface area contributed by atoms with Crippen LogP contribution in [0, 0.1) is 0 Å². The van der Waals surface area contributed by atoms with Gasteiger partial charge in [0.05, 0.1) is 11.2 Å². The zero-order valence-electron chi connectivity index (χ0n) is 12.7. The number of hydrogen-bond acceptors (Lipinski definition) is 4. The Bertz CT molecular complexity index is 965. The summed E-state index contributed by atoms with van der Waals surface area (Å²) in [6, 6.07) is 16.2. The summed E-state index contributed by atoms with van der Waals surface area (Å²) in [6.45, 7) is 0.692. The first-order chi connectivity index (χ1) is 11.8. The SMILES string of the molecule is Brc1ccc2ncnc(NCc3ccc(-n4cccn4)cc3)c2c1. The van der Waals surface area contributed by atoms with Crippen LogP contribution in [0.4, 0.5) is 5.82 Å². The molecule has 0 aliphatic heterocycles. The fourth-order valence-electron chi connectivity index (χ4n) is 2.54. The Morgan fingerprint density at radius 1 is 1.04 bits per heavy atom. The topological polar surface area (TPSA) is 55.6 Å². The molecule has 0 unspecified atom stereocenters. The maximum absolute atomic E-state index is 4.36. The van der Waals surface area contributed by atoms with Crippen molar-refractivity contribution in [3.05, 3.63) is 77.3 Å². The Labute approximate surface area is 147 Å². The number of nitrogens with zero attached hydrogens (tertiary/aromatic N) is 4. The van der Waals surface area contributed by atoms with Crippen LogP contribution in [0.5, 0.6) is 0 Å². The van der Waals surface area contributed by atoms with E-state index in [1.54, 1.807) is 12.5 Å². The Balaban J connectivity index is 1.54. The molecule has 0 amide bonds. The van der Waals surface area contributed by atoms with Gasteiger partial charge in [-0.25, -0.2) is 14.6 Å². The van der Waals surface area contributed by atoms with Gasteiger partial charge >= 0.3 is 0 Å². The van der Waals surface area contributed by atoms with Crippen molar-refractivity contribution in [2.24, 2.45) is 0 Å². The maximum atomic E-state index is 4.36. The van der Waals surface area contributed by atoms with Gasteiger partial charge in [0.25, 0.3) is 0 Å². The monoisotopic (exact) mass is 379 g/mol. The highest BCUT2D eigenvalue weighted by atomic mass is 79.9. The van der Waals surface area contributed by atoms with Crippen molar-refractivity contribution in [2.45, 2.75) is 6.54 Å². The number of halogens is 1. The van der Waals surface area contributed by atoms with Gasteiger partial charge in [-0.2, -0.15) is 5.10 Å². The second-order valence-electron chi connectivity index (χ2n) is 5.35. The van der Waals surface area contributed by atoms with E-state index in [0.717, 1.165) is 26.9 Å². The van der Waals surface area contributed by atoms with E-state index in [0.29, 0.717) is 6.54 Å². The first-order valence-corrected chi connectivity index (χ1v) is 8.32. The highest BCUT2D eigenvalue weighted by molar-refractivity contribution is 9.10. The molecule has 0 spiro atoms. The molecule has 4 rings (SSSR count). The van der Waals surface area contributed by atoms with E-state index in [-0.39, 0.29) is 0 Å². The van der Waals surface area contributed by atoms with Crippen LogP contribution in [0.25, 0.3) is 16.6 Å².